The van der Waals surface area contributed by atoms with Crippen LogP contribution in [0.5, 0.6) is 11.6 Å². The number of nitriles is 2. The van der Waals surface area contributed by atoms with Gasteiger partial charge in [-0.15, -0.1) is 0 Å². The van der Waals surface area contributed by atoms with Gasteiger partial charge in [-0.05, 0) is 18.2 Å². The van der Waals surface area contributed by atoms with Crippen molar-refractivity contribution in [1.82, 2.24) is 4.98 Å². The van der Waals surface area contributed by atoms with Crippen molar-refractivity contribution in [2.24, 2.45) is 0 Å². The Morgan fingerprint density at radius 3 is 2.75 bits per heavy atom. The van der Waals surface area contributed by atoms with Crippen molar-refractivity contribution in [2.75, 3.05) is 0 Å². The van der Waals surface area contributed by atoms with E-state index in [1.165, 1.54) is 24.8 Å². The zero-order valence-electron chi connectivity index (χ0n) is 8.04. The van der Waals surface area contributed by atoms with E-state index in [9.17, 15) is 0 Å². The van der Waals surface area contributed by atoms with E-state index in [1.54, 1.807) is 6.07 Å². The molecule has 2 rings (SSSR count). The van der Waals surface area contributed by atoms with Crippen molar-refractivity contribution in [3.05, 3.63) is 42.0 Å². The average molecular weight is 211 g/mol. The molecule has 0 bridgehead atoms. The Hall–Kier alpha value is -2.79. The second kappa shape index (κ2) is 4.16. The summed E-state index contributed by atoms with van der Waals surface area (Å²) in [5.74, 6) is 0.530. The number of benzene rings is 1. The number of hydrogen-bond acceptors (Lipinski definition) is 5. The van der Waals surface area contributed by atoms with Crippen molar-refractivity contribution in [3.8, 4) is 23.8 Å². The molecule has 0 fully saturated rings. The predicted molar refractivity (Wildman–Crippen MR) is 52.4 cm³/mol. The van der Waals surface area contributed by atoms with Crippen LogP contribution in [0.4, 0.5) is 0 Å². The number of hydrogen-bond donors (Lipinski definition) is 0. The van der Waals surface area contributed by atoms with Gasteiger partial charge in [0.25, 0.3) is 5.88 Å². The topological polar surface area (TPSA) is 82.8 Å². The van der Waals surface area contributed by atoms with E-state index in [2.05, 4.69) is 4.98 Å². The molecule has 0 radical (unpaired) electrons. The summed E-state index contributed by atoms with van der Waals surface area (Å²) in [6.07, 6.45) is 2.52. The average Bonchev–Trinajstić information content (AvgIpc) is 2.82. The zero-order chi connectivity index (χ0) is 11.4. The highest BCUT2D eigenvalue weighted by Gasteiger charge is 2.07. The van der Waals surface area contributed by atoms with Gasteiger partial charge in [0.1, 0.15) is 11.8 Å². The third-order valence-corrected chi connectivity index (χ3v) is 1.86. The SMILES string of the molecule is N#Cc1ccc(C#N)c(Oc2cocn2)c1. The van der Waals surface area contributed by atoms with Crippen LogP contribution in [0.15, 0.2) is 35.3 Å². The van der Waals surface area contributed by atoms with Gasteiger partial charge in [-0.1, -0.05) is 0 Å². The van der Waals surface area contributed by atoms with Gasteiger partial charge in [-0.3, -0.25) is 0 Å². The molecule has 0 unspecified atom stereocenters. The molecule has 76 valence electrons. The summed E-state index contributed by atoms with van der Waals surface area (Å²) in [6, 6.07) is 8.48. The maximum absolute atomic E-state index is 8.85. The highest BCUT2D eigenvalue weighted by Crippen LogP contribution is 2.24. The van der Waals surface area contributed by atoms with Crippen LogP contribution in [0.25, 0.3) is 0 Å². The molecule has 0 N–H and O–H groups in total. The summed E-state index contributed by atoms with van der Waals surface area (Å²) >= 11 is 0. The molecular weight excluding hydrogens is 206 g/mol. The van der Waals surface area contributed by atoms with Gasteiger partial charge in [0.2, 0.25) is 0 Å². The lowest BCUT2D eigenvalue weighted by Crippen LogP contribution is -1.89. The summed E-state index contributed by atoms with van der Waals surface area (Å²) < 4.78 is 10.0. The quantitative estimate of drug-likeness (QED) is 0.760. The molecule has 1 aromatic heterocycles. The lowest BCUT2D eigenvalue weighted by Gasteiger charge is -2.03. The minimum Gasteiger partial charge on any atom is -0.448 e. The maximum atomic E-state index is 8.85. The Balaban J connectivity index is 2.39. The Labute approximate surface area is 91.1 Å². The first-order chi connectivity index (χ1) is 7.83. The van der Waals surface area contributed by atoms with Crippen molar-refractivity contribution < 1.29 is 9.15 Å². The highest BCUT2D eigenvalue weighted by atomic mass is 16.5. The first kappa shape index (κ1) is 9.75. The maximum Gasteiger partial charge on any atom is 0.258 e. The molecule has 0 aliphatic rings. The minimum absolute atomic E-state index is 0.242. The van der Waals surface area contributed by atoms with E-state index in [1.807, 2.05) is 12.1 Å². The fraction of sp³-hybridized carbons (Fsp3) is 0. The molecule has 0 saturated carbocycles. The fourth-order valence-electron chi connectivity index (χ4n) is 1.13. The predicted octanol–water partition coefficient (Wildman–Crippen LogP) is 2.21. The molecule has 2 aromatic rings. The number of nitrogens with zero attached hydrogens (tertiary/aromatic N) is 3. The Kier molecular flexibility index (Phi) is 2.53. The van der Waals surface area contributed by atoms with Crippen LogP contribution in [0.2, 0.25) is 0 Å². The van der Waals surface area contributed by atoms with Crippen LogP contribution < -0.4 is 4.74 Å². The van der Waals surface area contributed by atoms with Gasteiger partial charge in [0.05, 0.1) is 17.2 Å². The van der Waals surface area contributed by atoms with E-state index >= 15 is 0 Å². The lowest BCUT2D eigenvalue weighted by molar-refractivity contribution is 0.456. The molecular formula is C11H5N3O2. The van der Waals surface area contributed by atoms with Crippen LogP contribution >= 0.6 is 0 Å². The number of rotatable bonds is 2. The van der Waals surface area contributed by atoms with Crippen LogP contribution in [0, 0.1) is 22.7 Å². The summed E-state index contributed by atoms with van der Waals surface area (Å²) in [4.78, 5) is 3.76. The number of oxazole rings is 1. The van der Waals surface area contributed by atoms with Gasteiger partial charge in [-0.2, -0.15) is 15.5 Å². The first-order valence-corrected chi connectivity index (χ1v) is 4.34. The smallest absolute Gasteiger partial charge is 0.258 e. The van der Waals surface area contributed by atoms with Gasteiger partial charge < -0.3 is 9.15 Å². The van der Waals surface area contributed by atoms with Crippen LogP contribution in [0.1, 0.15) is 11.1 Å². The van der Waals surface area contributed by atoms with Crippen molar-refractivity contribution in [2.45, 2.75) is 0 Å². The normalized spacial score (nSPS) is 9.12. The monoisotopic (exact) mass is 211 g/mol. The van der Waals surface area contributed by atoms with Gasteiger partial charge in [0.15, 0.2) is 12.7 Å². The van der Waals surface area contributed by atoms with Crippen LogP contribution in [-0.2, 0) is 0 Å². The van der Waals surface area contributed by atoms with Crippen LogP contribution in [0.3, 0.4) is 0 Å². The van der Waals surface area contributed by atoms with Gasteiger partial charge >= 0.3 is 0 Å². The van der Waals surface area contributed by atoms with E-state index < -0.39 is 0 Å². The third-order valence-electron chi connectivity index (χ3n) is 1.86. The number of ether oxygens (including phenoxy) is 1. The molecule has 0 aliphatic carbocycles. The molecule has 0 spiro atoms. The van der Waals surface area contributed by atoms with Crippen LogP contribution in [-0.4, -0.2) is 4.98 Å². The van der Waals surface area contributed by atoms with Crippen molar-refractivity contribution in [3.63, 3.8) is 0 Å². The molecule has 0 aliphatic heterocycles. The molecule has 16 heavy (non-hydrogen) atoms. The summed E-state index contributed by atoms with van der Waals surface area (Å²) in [5.41, 5.74) is 0.750. The zero-order valence-corrected chi connectivity index (χ0v) is 8.04. The van der Waals surface area contributed by atoms with E-state index in [0.717, 1.165) is 0 Å². The van der Waals surface area contributed by atoms with Gasteiger partial charge in [-0.25, -0.2) is 0 Å². The molecule has 1 heterocycles. The molecule has 0 atom stereocenters. The molecule has 0 amide bonds. The second-order valence-corrected chi connectivity index (χ2v) is 2.86. The second-order valence-electron chi connectivity index (χ2n) is 2.86. The third kappa shape index (κ3) is 1.84. The standard InChI is InChI=1S/C11H5N3O2/c12-4-8-1-2-9(5-13)10(3-8)16-11-6-15-7-14-11/h1-3,6-7H. The Morgan fingerprint density at radius 2 is 2.12 bits per heavy atom. The molecule has 5 nitrogen and oxygen atoms in total. The minimum atomic E-state index is 0.242. The molecule has 1 aromatic carbocycles. The van der Waals surface area contributed by atoms with Crippen molar-refractivity contribution in [1.29, 1.82) is 10.5 Å². The van der Waals surface area contributed by atoms with E-state index in [-0.39, 0.29) is 11.6 Å². The van der Waals surface area contributed by atoms with E-state index in [0.29, 0.717) is 11.1 Å². The highest BCUT2D eigenvalue weighted by molar-refractivity contribution is 5.49. The van der Waals surface area contributed by atoms with E-state index in [4.69, 9.17) is 19.7 Å². The molecule has 0 saturated heterocycles. The Morgan fingerprint density at radius 1 is 1.25 bits per heavy atom. The molecule has 5 heteroatoms. The summed E-state index contributed by atoms with van der Waals surface area (Å²) in [5, 5.41) is 17.6. The fourth-order valence-corrected chi connectivity index (χ4v) is 1.13. The van der Waals surface area contributed by atoms with Gasteiger partial charge in [0, 0.05) is 0 Å². The number of aromatic nitrogens is 1. The summed E-state index contributed by atoms with van der Waals surface area (Å²) in [6.45, 7) is 0. The van der Waals surface area contributed by atoms with Crippen molar-refractivity contribution >= 4 is 0 Å². The first-order valence-electron chi connectivity index (χ1n) is 4.34. The Bertz CT molecular complexity index is 576. The summed E-state index contributed by atoms with van der Waals surface area (Å²) in [7, 11) is 0. The lowest BCUT2D eigenvalue weighted by atomic mass is 10.1. The largest absolute Gasteiger partial charge is 0.448 e.